The zero-order chi connectivity index (χ0) is 15.2. The van der Waals surface area contributed by atoms with Crippen molar-refractivity contribution in [2.75, 3.05) is 0 Å². The van der Waals surface area contributed by atoms with Crippen LogP contribution in [-0.4, -0.2) is 21.5 Å². The number of fused-ring (bicyclic) bond motifs is 1. The minimum atomic E-state index is -3.62. The third-order valence-electron chi connectivity index (χ3n) is 3.25. The Bertz CT molecular complexity index is 834. The molecule has 7 heteroatoms. The minimum Gasteiger partial charge on any atom is -0.395 e. The summed E-state index contributed by atoms with van der Waals surface area (Å²) in [4.78, 5) is 4.03. The van der Waals surface area contributed by atoms with E-state index in [0.29, 0.717) is 17.0 Å². The lowest BCUT2D eigenvalue weighted by Crippen LogP contribution is -2.25. The van der Waals surface area contributed by atoms with Gasteiger partial charge < -0.3 is 9.47 Å². The largest absolute Gasteiger partial charge is 0.586 e. The predicted octanol–water partition coefficient (Wildman–Crippen LogP) is 3.46. The van der Waals surface area contributed by atoms with Crippen LogP contribution >= 0.6 is 0 Å². The lowest BCUT2D eigenvalue weighted by molar-refractivity contribution is -0.286. The molecule has 0 amide bonds. The van der Waals surface area contributed by atoms with Crippen molar-refractivity contribution in [1.29, 1.82) is 0 Å². The highest BCUT2D eigenvalue weighted by atomic mass is 19.3. The molecule has 1 aromatic carbocycles. The third kappa shape index (κ3) is 2.16. The number of rotatable bonds is 2. The molecule has 0 saturated carbocycles. The number of hydrogen-bond acceptors (Lipinski definition) is 4. The van der Waals surface area contributed by atoms with Gasteiger partial charge in [-0.3, -0.25) is 10.1 Å². The molecule has 110 valence electrons. The van der Waals surface area contributed by atoms with Crippen molar-refractivity contribution in [3.05, 3.63) is 48.8 Å². The van der Waals surface area contributed by atoms with Crippen LogP contribution in [0.2, 0.25) is 0 Å². The number of pyridine rings is 1. The highest BCUT2D eigenvalue weighted by molar-refractivity contribution is 5.69. The fourth-order valence-corrected chi connectivity index (χ4v) is 2.25. The van der Waals surface area contributed by atoms with Gasteiger partial charge in [-0.25, -0.2) is 0 Å². The number of aromatic amines is 1. The number of ether oxygens (including phenoxy) is 2. The van der Waals surface area contributed by atoms with Gasteiger partial charge in [0, 0.05) is 23.5 Å². The fraction of sp³-hybridized carbons (Fsp3) is 0.0667. The van der Waals surface area contributed by atoms with Crippen molar-refractivity contribution in [2.24, 2.45) is 0 Å². The highest BCUT2D eigenvalue weighted by Crippen LogP contribution is 2.42. The molecule has 1 aliphatic heterocycles. The van der Waals surface area contributed by atoms with Gasteiger partial charge in [-0.1, -0.05) is 0 Å². The SMILES string of the molecule is FC1(F)Oc2ccc(-c3cc(-c4cccnc4)n[nH]3)cc2O1. The molecule has 1 aliphatic rings. The molecular weight excluding hydrogens is 292 g/mol. The van der Waals surface area contributed by atoms with Crippen LogP contribution in [0.25, 0.3) is 22.5 Å². The average Bonchev–Trinajstić information content (AvgIpc) is 3.10. The molecule has 0 radical (unpaired) electrons. The smallest absolute Gasteiger partial charge is 0.395 e. The molecule has 0 fully saturated rings. The molecule has 0 spiro atoms. The van der Waals surface area contributed by atoms with Gasteiger partial charge in [-0.2, -0.15) is 5.10 Å². The molecule has 3 aromatic rings. The van der Waals surface area contributed by atoms with E-state index in [1.807, 2.05) is 18.2 Å². The number of hydrogen-bond donors (Lipinski definition) is 1. The second-order valence-corrected chi connectivity index (χ2v) is 4.74. The Morgan fingerprint density at radius 1 is 1.00 bits per heavy atom. The molecule has 4 rings (SSSR count). The van der Waals surface area contributed by atoms with Crippen LogP contribution in [0.4, 0.5) is 8.78 Å². The fourth-order valence-electron chi connectivity index (χ4n) is 2.25. The molecule has 0 atom stereocenters. The summed E-state index contributed by atoms with van der Waals surface area (Å²) >= 11 is 0. The van der Waals surface area contributed by atoms with Crippen molar-refractivity contribution in [2.45, 2.75) is 6.29 Å². The van der Waals surface area contributed by atoms with Crippen LogP contribution < -0.4 is 9.47 Å². The number of nitrogens with one attached hydrogen (secondary N) is 1. The van der Waals surface area contributed by atoms with Crippen molar-refractivity contribution in [1.82, 2.24) is 15.2 Å². The van der Waals surface area contributed by atoms with Gasteiger partial charge in [-0.05, 0) is 36.4 Å². The predicted molar refractivity (Wildman–Crippen MR) is 73.5 cm³/mol. The molecular formula is C15H9F2N3O2. The first-order chi connectivity index (χ1) is 10.6. The van der Waals surface area contributed by atoms with Gasteiger partial charge >= 0.3 is 6.29 Å². The average molecular weight is 301 g/mol. The van der Waals surface area contributed by atoms with Crippen LogP contribution in [0.5, 0.6) is 11.5 Å². The molecule has 0 unspecified atom stereocenters. The molecule has 1 N–H and O–H groups in total. The summed E-state index contributed by atoms with van der Waals surface area (Å²) < 4.78 is 34.9. The monoisotopic (exact) mass is 301 g/mol. The lowest BCUT2D eigenvalue weighted by atomic mass is 10.1. The second kappa shape index (κ2) is 4.52. The molecule has 5 nitrogen and oxygen atoms in total. The van der Waals surface area contributed by atoms with Crippen LogP contribution in [0.1, 0.15) is 0 Å². The summed E-state index contributed by atoms with van der Waals surface area (Å²) in [7, 11) is 0. The topological polar surface area (TPSA) is 60.0 Å². The lowest BCUT2D eigenvalue weighted by Gasteiger charge is -2.04. The first-order valence-electron chi connectivity index (χ1n) is 6.47. The number of H-pyrrole nitrogens is 1. The second-order valence-electron chi connectivity index (χ2n) is 4.74. The number of nitrogens with zero attached hydrogens (tertiary/aromatic N) is 2. The minimum absolute atomic E-state index is 0.0000257. The first-order valence-corrected chi connectivity index (χ1v) is 6.47. The van der Waals surface area contributed by atoms with Crippen LogP contribution in [0, 0.1) is 0 Å². The van der Waals surface area contributed by atoms with E-state index in [1.165, 1.54) is 12.1 Å². The first kappa shape index (κ1) is 12.8. The Hall–Kier alpha value is -2.96. The van der Waals surface area contributed by atoms with E-state index in [0.717, 1.165) is 5.56 Å². The third-order valence-corrected chi connectivity index (χ3v) is 3.25. The Balaban J connectivity index is 1.68. The van der Waals surface area contributed by atoms with Crippen LogP contribution in [-0.2, 0) is 0 Å². The number of alkyl halides is 2. The zero-order valence-corrected chi connectivity index (χ0v) is 11.1. The van der Waals surface area contributed by atoms with Gasteiger partial charge in [0.15, 0.2) is 11.5 Å². The van der Waals surface area contributed by atoms with Gasteiger partial charge in [-0.15, -0.1) is 8.78 Å². The van der Waals surface area contributed by atoms with E-state index in [-0.39, 0.29) is 11.5 Å². The summed E-state index contributed by atoms with van der Waals surface area (Å²) in [5.41, 5.74) is 2.92. The van der Waals surface area contributed by atoms with E-state index in [9.17, 15) is 8.78 Å². The van der Waals surface area contributed by atoms with Crippen molar-refractivity contribution in [3.63, 3.8) is 0 Å². The van der Waals surface area contributed by atoms with Gasteiger partial charge in [0.2, 0.25) is 0 Å². The summed E-state index contributed by atoms with van der Waals surface area (Å²) in [6.07, 6.45) is -0.245. The molecule has 22 heavy (non-hydrogen) atoms. The van der Waals surface area contributed by atoms with Crippen molar-refractivity contribution >= 4 is 0 Å². The summed E-state index contributed by atoms with van der Waals surface area (Å²) in [5.74, 6) is 0.0146. The standard InChI is InChI=1S/C15H9F2N3O2/c16-15(17)21-13-4-3-9(6-14(13)22-15)11-7-12(20-19-11)10-2-1-5-18-8-10/h1-8H,(H,19,20). The molecule has 0 saturated heterocycles. The summed E-state index contributed by atoms with van der Waals surface area (Å²) in [6, 6.07) is 10.1. The van der Waals surface area contributed by atoms with E-state index in [1.54, 1.807) is 18.5 Å². The zero-order valence-electron chi connectivity index (χ0n) is 11.1. The molecule has 0 bridgehead atoms. The van der Waals surface area contributed by atoms with Gasteiger partial charge in [0.05, 0.1) is 11.4 Å². The Labute approximate surface area is 123 Å². The van der Waals surface area contributed by atoms with E-state index in [4.69, 9.17) is 0 Å². The van der Waals surface area contributed by atoms with Gasteiger partial charge in [0.1, 0.15) is 0 Å². The number of aromatic nitrogens is 3. The highest BCUT2D eigenvalue weighted by Gasteiger charge is 2.43. The van der Waals surface area contributed by atoms with E-state index in [2.05, 4.69) is 24.7 Å². The van der Waals surface area contributed by atoms with Crippen LogP contribution in [0.15, 0.2) is 48.8 Å². The summed E-state index contributed by atoms with van der Waals surface area (Å²) in [6.45, 7) is 0. The van der Waals surface area contributed by atoms with E-state index < -0.39 is 6.29 Å². The van der Waals surface area contributed by atoms with Crippen LogP contribution in [0.3, 0.4) is 0 Å². The molecule has 3 heterocycles. The van der Waals surface area contributed by atoms with Crippen molar-refractivity contribution < 1.29 is 18.3 Å². The maximum atomic E-state index is 13.0. The van der Waals surface area contributed by atoms with Gasteiger partial charge in [0.25, 0.3) is 0 Å². The molecule has 2 aromatic heterocycles. The normalized spacial score (nSPS) is 15.0. The maximum absolute atomic E-state index is 13.0. The Morgan fingerprint density at radius 2 is 1.86 bits per heavy atom. The van der Waals surface area contributed by atoms with Crippen molar-refractivity contribution in [3.8, 4) is 34.0 Å². The Morgan fingerprint density at radius 3 is 2.68 bits per heavy atom. The quantitative estimate of drug-likeness (QED) is 0.787. The number of benzene rings is 1. The summed E-state index contributed by atoms with van der Waals surface area (Å²) in [5, 5.41) is 7.07. The maximum Gasteiger partial charge on any atom is 0.586 e. The van der Waals surface area contributed by atoms with E-state index >= 15 is 0 Å². The molecule has 0 aliphatic carbocycles. The Kier molecular flexibility index (Phi) is 2.62. The number of halogens is 2.